The molecule has 1 aromatic carbocycles. The number of rotatable bonds is 6. The van der Waals surface area contributed by atoms with Gasteiger partial charge in [-0.15, -0.1) is 0 Å². The number of likely N-dealkylation sites (N-methyl/N-ethyl adjacent to an activating group) is 1. The van der Waals surface area contributed by atoms with Crippen LogP contribution in [0.4, 0.5) is 4.39 Å². The van der Waals surface area contributed by atoms with Crippen molar-refractivity contribution in [3.05, 3.63) is 34.1 Å². The van der Waals surface area contributed by atoms with Crippen LogP contribution < -0.4 is 0 Å². The molecular formula is C12H17BrFNO2. The Morgan fingerprint density at radius 2 is 2.24 bits per heavy atom. The van der Waals surface area contributed by atoms with Crippen LogP contribution in [0.25, 0.3) is 0 Å². The van der Waals surface area contributed by atoms with Crippen LogP contribution in [0.15, 0.2) is 22.7 Å². The van der Waals surface area contributed by atoms with E-state index in [0.717, 1.165) is 4.47 Å². The zero-order valence-electron chi connectivity index (χ0n) is 9.99. The average Bonchev–Trinajstić information content (AvgIpc) is 2.22. The van der Waals surface area contributed by atoms with Gasteiger partial charge >= 0.3 is 0 Å². The maximum absolute atomic E-state index is 13.6. The van der Waals surface area contributed by atoms with Gasteiger partial charge in [-0.05, 0) is 19.2 Å². The number of aliphatic hydroxyl groups excluding tert-OH is 1. The predicted octanol–water partition coefficient (Wildman–Crippen LogP) is 2.03. The van der Waals surface area contributed by atoms with Crippen LogP contribution in [-0.2, 0) is 11.3 Å². The van der Waals surface area contributed by atoms with Crippen molar-refractivity contribution in [1.82, 2.24) is 4.90 Å². The minimum atomic E-state index is -0.552. The number of benzene rings is 1. The molecule has 0 fully saturated rings. The molecule has 1 aromatic rings. The summed E-state index contributed by atoms with van der Waals surface area (Å²) in [5, 5.41) is 9.54. The smallest absolute Gasteiger partial charge is 0.128 e. The lowest BCUT2D eigenvalue weighted by molar-refractivity contribution is 0.0417. The minimum Gasteiger partial charge on any atom is -0.389 e. The van der Waals surface area contributed by atoms with Gasteiger partial charge < -0.3 is 9.84 Å². The molecule has 0 spiro atoms. The second-order valence-corrected chi connectivity index (χ2v) is 4.96. The Hall–Kier alpha value is -0.490. The minimum absolute atomic E-state index is 0.243. The fourth-order valence-corrected chi connectivity index (χ4v) is 1.94. The van der Waals surface area contributed by atoms with Crippen LogP contribution >= 0.6 is 15.9 Å². The molecule has 0 radical (unpaired) electrons. The first-order chi connectivity index (χ1) is 8.02. The molecule has 0 aliphatic rings. The van der Waals surface area contributed by atoms with Gasteiger partial charge in [-0.25, -0.2) is 4.39 Å². The summed E-state index contributed by atoms with van der Waals surface area (Å²) in [5.41, 5.74) is 0.611. The maximum atomic E-state index is 13.6. The molecule has 5 heteroatoms. The first-order valence-electron chi connectivity index (χ1n) is 5.32. The standard InChI is InChI=1S/C12H17BrFNO2/c1-15(7-11(16)8-17-2)6-9-3-4-10(13)5-12(9)14/h3-5,11,16H,6-8H2,1-2H3. The Morgan fingerprint density at radius 1 is 1.53 bits per heavy atom. The van der Waals surface area contributed by atoms with Crippen molar-refractivity contribution in [3.63, 3.8) is 0 Å². The molecular weight excluding hydrogens is 289 g/mol. The highest BCUT2D eigenvalue weighted by atomic mass is 79.9. The van der Waals surface area contributed by atoms with Gasteiger partial charge in [0.15, 0.2) is 0 Å². The highest BCUT2D eigenvalue weighted by Crippen LogP contribution is 2.16. The third-order valence-corrected chi connectivity index (χ3v) is 2.83. The zero-order valence-corrected chi connectivity index (χ0v) is 11.6. The van der Waals surface area contributed by atoms with E-state index < -0.39 is 6.10 Å². The van der Waals surface area contributed by atoms with Crippen molar-refractivity contribution < 1.29 is 14.2 Å². The monoisotopic (exact) mass is 305 g/mol. The van der Waals surface area contributed by atoms with Crippen molar-refractivity contribution in [3.8, 4) is 0 Å². The van der Waals surface area contributed by atoms with E-state index in [4.69, 9.17) is 4.74 Å². The molecule has 0 saturated heterocycles. The predicted molar refractivity (Wildman–Crippen MR) is 68.3 cm³/mol. The Morgan fingerprint density at radius 3 is 2.82 bits per heavy atom. The van der Waals surface area contributed by atoms with Crippen LogP contribution in [0.3, 0.4) is 0 Å². The van der Waals surface area contributed by atoms with Crippen LogP contribution in [0.1, 0.15) is 5.56 Å². The van der Waals surface area contributed by atoms with E-state index in [1.807, 2.05) is 11.9 Å². The van der Waals surface area contributed by atoms with Gasteiger partial charge in [-0.2, -0.15) is 0 Å². The topological polar surface area (TPSA) is 32.7 Å². The number of hydrogen-bond donors (Lipinski definition) is 1. The molecule has 0 aromatic heterocycles. The van der Waals surface area contributed by atoms with E-state index in [1.165, 1.54) is 13.2 Å². The van der Waals surface area contributed by atoms with Gasteiger partial charge in [0.05, 0.1) is 12.7 Å². The van der Waals surface area contributed by atoms with E-state index in [-0.39, 0.29) is 12.4 Å². The number of hydrogen-bond acceptors (Lipinski definition) is 3. The van der Waals surface area contributed by atoms with Crippen LogP contribution in [0, 0.1) is 5.82 Å². The molecule has 0 amide bonds. The molecule has 1 atom stereocenters. The van der Waals surface area contributed by atoms with E-state index in [1.54, 1.807) is 12.1 Å². The molecule has 1 unspecified atom stereocenters. The largest absolute Gasteiger partial charge is 0.389 e. The van der Waals surface area contributed by atoms with Gasteiger partial charge in [-0.3, -0.25) is 4.90 Å². The summed E-state index contributed by atoms with van der Waals surface area (Å²) in [6.45, 7) is 1.19. The summed E-state index contributed by atoms with van der Waals surface area (Å²) in [4.78, 5) is 1.86. The molecule has 0 aliphatic heterocycles. The zero-order chi connectivity index (χ0) is 12.8. The fraction of sp³-hybridized carbons (Fsp3) is 0.500. The Labute approximate surface area is 109 Å². The molecule has 17 heavy (non-hydrogen) atoms. The summed E-state index contributed by atoms with van der Waals surface area (Å²) in [5.74, 6) is -0.243. The summed E-state index contributed by atoms with van der Waals surface area (Å²) in [7, 11) is 3.37. The summed E-state index contributed by atoms with van der Waals surface area (Å²) in [6, 6.07) is 4.98. The van der Waals surface area contributed by atoms with Crippen molar-refractivity contribution >= 4 is 15.9 Å². The van der Waals surface area contributed by atoms with Crippen molar-refractivity contribution in [2.24, 2.45) is 0 Å². The molecule has 3 nitrogen and oxygen atoms in total. The lowest BCUT2D eigenvalue weighted by Crippen LogP contribution is -2.31. The summed E-state index contributed by atoms with van der Waals surface area (Å²) < 4.78 is 19.1. The van der Waals surface area contributed by atoms with Crippen LogP contribution in [0.5, 0.6) is 0 Å². The number of ether oxygens (including phenoxy) is 1. The number of methoxy groups -OCH3 is 1. The van der Waals surface area contributed by atoms with Gasteiger partial charge in [0.2, 0.25) is 0 Å². The van der Waals surface area contributed by atoms with Gasteiger partial charge in [-0.1, -0.05) is 22.0 Å². The molecule has 0 aliphatic carbocycles. The molecule has 1 N–H and O–H groups in total. The third kappa shape index (κ3) is 5.12. The highest BCUT2D eigenvalue weighted by molar-refractivity contribution is 9.10. The van der Waals surface area contributed by atoms with Crippen molar-refractivity contribution in [2.45, 2.75) is 12.6 Å². The second-order valence-electron chi connectivity index (χ2n) is 4.04. The lowest BCUT2D eigenvalue weighted by Gasteiger charge is -2.20. The van der Waals surface area contributed by atoms with Gasteiger partial charge in [0.25, 0.3) is 0 Å². The summed E-state index contributed by atoms with van der Waals surface area (Å²) >= 11 is 3.21. The van der Waals surface area contributed by atoms with Crippen molar-refractivity contribution in [2.75, 3.05) is 27.3 Å². The summed E-state index contributed by atoms with van der Waals surface area (Å²) in [6.07, 6.45) is -0.552. The molecule has 96 valence electrons. The molecule has 0 saturated carbocycles. The molecule has 1 rings (SSSR count). The first kappa shape index (κ1) is 14.6. The lowest BCUT2D eigenvalue weighted by atomic mass is 10.2. The quantitative estimate of drug-likeness (QED) is 0.873. The van der Waals surface area contributed by atoms with Crippen molar-refractivity contribution in [1.29, 1.82) is 0 Å². The number of aliphatic hydroxyl groups is 1. The number of nitrogens with zero attached hydrogens (tertiary/aromatic N) is 1. The Balaban J connectivity index is 2.52. The van der Waals surface area contributed by atoms with Crippen LogP contribution in [0.2, 0.25) is 0 Å². The SMILES string of the molecule is COCC(O)CN(C)Cc1ccc(Br)cc1F. The second kappa shape index (κ2) is 7.06. The molecule has 0 heterocycles. The molecule has 0 bridgehead atoms. The van der Waals surface area contributed by atoms with Gasteiger partial charge in [0, 0.05) is 30.2 Å². The highest BCUT2D eigenvalue weighted by Gasteiger charge is 2.10. The van der Waals surface area contributed by atoms with E-state index in [0.29, 0.717) is 18.7 Å². The normalized spacial score (nSPS) is 13.1. The van der Waals surface area contributed by atoms with E-state index in [2.05, 4.69) is 15.9 Å². The first-order valence-corrected chi connectivity index (χ1v) is 6.11. The van der Waals surface area contributed by atoms with E-state index >= 15 is 0 Å². The number of halogens is 2. The Bertz CT molecular complexity index is 362. The third-order valence-electron chi connectivity index (χ3n) is 2.34. The maximum Gasteiger partial charge on any atom is 0.128 e. The van der Waals surface area contributed by atoms with Gasteiger partial charge in [0.1, 0.15) is 5.82 Å². The van der Waals surface area contributed by atoms with Crippen LogP contribution in [-0.4, -0.2) is 43.4 Å². The average molecular weight is 306 g/mol. The fourth-order valence-electron chi connectivity index (χ4n) is 1.61. The Kier molecular flexibility index (Phi) is 6.05. The van der Waals surface area contributed by atoms with E-state index in [9.17, 15) is 9.50 Å².